The van der Waals surface area contributed by atoms with Gasteiger partial charge in [-0.25, -0.2) is 0 Å². The molecule has 1 aliphatic heterocycles. The van der Waals surface area contributed by atoms with Crippen LogP contribution in [0.25, 0.3) is 0 Å². The molecule has 1 atom stereocenters. The number of hydrogen-bond acceptors (Lipinski definition) is 3. The number of amides is 3. The van der Waals surface area contributed by atoms with Gasteiger partial charge in [-0.1, -0.05) is 17.7 Å². The number of carbonyl (C=O) groups is 3. The highest BCUT2D eigenvalue weighted by Crippen LogP contribution is 2.22. The van der Waals surface area contributed by atoms with Gasteiger partial charge in [0, 0.05) is 23.4 Å². The van der Waals surface area contributed by atoms with Crippen molar-refractivity contribution in [2.24, 2.45) is 5.73 Å². The van der Waals surface area contributed by atoms with Gasteiger partial charge in [0.05, 0.1) is 0 Å². The van der Waals surface area contributed by atoms with Crippen LogP contribution >= 0.6 is 0 Å². The summed E-state index contributed by atoms with van der Waals surface area (Å²) in [5, 5.41) is 2.80. The van der Waals surface area contributed by atoms with Crippen LogP contribution in [0.3, 0.4) is 0 Å². The van der Waals surface area contributed by atoms with E-state index in [4.69, 9.17) is 5.73 Å². The lowest BCUT2D eigenvalue weighted by molar-refractivity contribution is -0.121. The van der Waals surface area contributed by atoms with Crippen LogP contribution in [0, 0.1) is 6.92 Å². The van der Waals surface area contributed by atoms with Gasteiger partial charge in [0.1, 0.15) is 6.04 Å². The predicted molar refractivity (Wildman–Crippen MR) is 99.0 cm³/mol. The molecule has 1 saturated heterocycles. The van der Waals surface area contributed by atoms with Gasteiger partial charge in [-0.2, -0.15) is 0 Å². The minimum atomic E-state index is -0.562. The molecule has 0 saturated carbocycles. The van der Waals surface area contributed by atoms with Crippen LogP contribution in [0.4, 0.5) is 5.69 Å². The maximum absolute atomic E-state index is 12.8. The minimum absolute atomic E-state index is 0.109. The van der Waals surface area contributed by atoms with Crippen LogP contribution in [0.2, 0.25) is 0 Å². The van der Waals surface area contributed by atoms with Crippen LogP contribution in [-0.2, 0) is 4.79 Å². The molecular formula is C20H21N3O3. The second-order valence-corrected chi connectivity index (χ2v) is 6.44. The predicted octanol–water partition coefficient (Wildman–Crippen LogP) is 2.02. The first-order valence-electron chi connectivity index (χ1n) is 8.54. The topological polar surface area (TPSA) is 92.5 Å². The van der Waals surface area contributed by atoms with Crippen molar-refractivity contribution in [1.29, 1.82) is 0 Å². The summed E-state index contributed by atoms with van der Waals surface area (Å²) in [5.74, 6) is -1.000. The molecule has 3 amide bonds. The van der Waals surface area contributed by atoms with E-state index in [9.17, 15) is 14.4 Å². The Morgan fingerprint density at radius 3 is 2.27 bits per heavy atom. The number of carbonyl (C=O) groups excluding carboxylic acids is 3. The van der Waals surface area contributed by atoms with Gasteiger partial charge in [0.15, 0.2) is 0 Å². The van der Waals surface area contributed by atoms with E-state index in [1.807, 2.05) is 31.2 Å². The average Bonchev–Trinajstić information content (AvgIpc) is 2.64. The van der Waals surface area contributed by atoms with Crippen molar-refractivity contribution in [2.75, 3.05) is 11.4 Å². The number of primary amides is 1. The van der Waals surface area contributed by atoms with Crippen LogP contribution < -0.4 is 16.0 Å². The number of nitrogens with one attached hydrogen (secondary N) is 1. The molecule has 3 rings (SSSR count). The monoisotopic (exact) mass is 351 g/mol. The van der Waals surface area contributed by atoms with E-state index in [2.05, 4.69) is 5.32 Å². The normalized spacial score (nSPS) is 17.0. The maximum Gasteiger partial charge on any atom is 0.251 e. The van der Waals surface area contributed by atoms with Gasteiger partial charge in [-0.3, -0.25) is 14.4 Å². The van der Waals surface area contributed by atoms with Crippen molar-refractivity contribution in [3.8, 4) is 0 Å². The lowest BCUT2D eigenvalue weighted by atomic mass is 10.0. The smallest absolute Gasteiger partial charge is 0.251 e. The number of anilines is 1. The van der Waals surface area contributed by atoms with Gasteiger partial charge < -0.3 is 16.0 Å². The largest absolute Gasteiger partial charge is 0.366 e. The van der Waals surface area contributed by atoms with Crippen LogP contribution in [-0.4, -0.2) is 30.3 Å². The number of nitrogens with zero attached hydrogens (tertiary/aromatic N) is 1. The van der Waals surface area contributed by atoms with E-state index < -0.39 is 11.9 Å². The summed E-state index contributed by atoms with van der Waals surface area (Å²) in [6, 6.07) is 13.3. The Bertz CT molecular complexity index is 828. The summed E-state index contributed by atoms with van der Waals surface area (Å²) in [6.45, 7) is 2.63. The molecule has 26 heavy (non-hydrogen) atoms. The van der Waals surface area contributed by atoms with E-state index in [1.165, 1.54) is 24.3 Å². The number of aryl methyl sites for hydroxylation is 1. The van der Waals surface area contributed by atoms with Gasteiger partial charge in [0.2, 0.25) is 11.8 Å². The zero-order valence-corrected chi connectivity index (χ0v) is 14.6. The first-order chi connectivity index (χ1) is 12.5. The van der Waals surface area contributed by atoms with Crippen molar-refractivity contribution in [3.63, 3.8) is 0 Å². The van der Waals surface area contributed by atoms with Gasteiger partial charge >= 0.3 is 0 Å². The average molecular weight is 351 g/mol. The molecule has 1 heterocycles. The third kappa shape index (κ3) is 3.74. The van der Waals surface area contributed by atoms with Crippen molar-refractivity contribution in [1.82, 2.24) is 5.32 Å². The van der Waals surface area contributed by atoms with Crippen molar-refractivity contribution in [3.05, 3.63) is 65.2 Å². The fraction of sp³-hybridized carbons (Fsp3) is 0.250. The molecule has 6 nitrogen and oxygen atoms in total. The lowest BCUT2D eigenvalue weighted by Crippen LogP contribution is -2.52. The zero-order chi connectivity index (χ0) is 18.7. The Balaban J connectivity index is 1.70. The molecule has 6 heteroatoms. The van der Waals surface area contributed by atoms with Crippen LogP contribution in [0.5, 0.6) is 0 Å². The third-order valence-electron chi connectivity index (χ3n) is 4.52. The second-order valence-electron chi connectivity index (χ2n) is 6.44. The van der Waals surface area contributed by atoms with Gasteiger partial charge in [0.25, 0.3) is 5.91 Å². The highest BCUT2D eigenvalue weighted by molar-refractivity contribution is 6.03. The molecule has 2 aromatic carbocycles. The molecule has 1 unspecified atom stereocenters. The highest BCUT2D eigenvalue weighted by Gasteiger charge is 2.30. The fourth-order valence-corrected chi connectivity index (χ4v) is 3.02. The van der Waals surface area contributed by atoms with Crippen LogP contribution in [0.1, 0.15) is 39.1 Å². The molecule has 0 aromatic heterocycles. The zero-order valence-electron chi connectivity index (χ0n) is 14.6. The number of rotatable bonds is 4. The second kappa shape index (κ2) is 7.39. The molecule has 134 valence electrons. The van der Waals surface area contributed by atoms with E-state index in [0.717, 1.165) is 17.7 Å². The van der Waals surface area contributed by atoms with Gasteiger partial charge in [-0.05, 0) is 56.2 Å². The van der Waals surface area contributed by atoms with Crippen molar-refractivity contribution in [2.45, 2.75) is 25.8 Å². The van der Waals surface area contributed by atoms with Crippen molar-refractivity contribution >= 4 is 23.4 Å². The molecule has 0 aliphatic carbocycles. The fourth-order valence-electron chi connectivity index (χ4n) is 3.02. The maximum atomic E-state index is 12.8. The summed E-state index contributed by atoms with van der Waals surface area (Å²) >= 11 is 0. The lowest BCUT2D eigenvalue weighted by Gasteiger charge is -2.32. The van der Waals surface area contributed by atoms with Gasteiger partial charge in [-0.15, -0.1) is 0 Å². The first-order valence-corrected chi connectivity index (χ1v) is 8.54. The summed E-state index contributed by atoms with van der Waals surface area (Å²) in [6.07, 6.45) is 1.41. The molecule has 0 radical (unpaired) electrons. The van der Waals surface area contributed by atoms with Crippen LogP contribution in [0.15, 0.2) is 48.5 Å². The Morgan fingerprint density at radius 1 is 1.04 bits per heavy atom. The Labute approximate surface area is 152 Å². The Kier molecular flexibility index (Phi) is 5.02. The third-order valence-corrected chi connectivity index (χ3v) is 4.52. The number of benzene rings is 2. The van der Waals surface area contributed by atoms with E-state index in [0.29, 0.717) is 24.1 Å². The number of hydrogen-bond donors (Lipinski definition) is 2. The Hall–Kier alpha value is -3.15. The highest BCUT2D eigenvalue weighted by atomic mass is 16.2. The van der Waals surface area contributed by atoms with E-state index >= 15 is 0 Å². The molecule has 0 bridgehead atoms. The van der Waals surface area contributed by atoms with E-state index in [-0.39, 0.29) is 11.8 Å². The number of piperidine rings is 1. The van der Waals surface area contributed by atoms with Crippen molar-refractivity contribution < 1.29 is 14.4 Å². The molecule has 1 fully saturated rings. The summed E-state index contributed by atoms with van der Waals surface area (Å²) in [4.78, 5) is 38.0. The summed E-state index contributed by atoms with van der Waals surface area (Å²) in [5.41, 5.74) is 7.88. The standard InChI is InChI=1S/C20H21N3O3/c1-13-4-10-16(11-5-13)23-12-2-3-17(20(23)26)22-19(25)15-8-6-14(7-9-15)18(21)24/h4-11,17H,2-3,12H2,1H3,(H2,21,24)(H,22,25). The quantitative estimate of drug-likeness (QED) is 0.882. The molecular weight excluding hydrogens is 330 g/mol. The number of nitrogens with two attached hydrogens (primary N) is 1. The molecule has 0 spiro atoms. The first kappa shape index (κ1) is 17.7. The van der Waals surface area contributed by atoms with E-state index in [1.54, 1.807) is 4.90 Å². The Morgan fingerprint density at radius 2 is 1.65 bits per heavy atom. The molecule has 3 N–H and O–H groups in total. The SMILES string of the molecule is Cc1ccc(N2CCCC(NC(=O)c3ccc(C(N)=O)cc3)C2=O)cc1. The molecule has 2 aromatic rings. The summed E-state index contributed by atoms with van der Waals surface area (Å²) < 4.78 is 0. The molecule has 1 aliphatic rings. The minimum Gasteiger partial charge on any atom is -0.366 e. The summed E-state index contributed by atoms with van der Waals surface area (Å²) in [7, 11) is 0.